The van der Waals surface area contributed by atoms with Gasteiger partial charge in [0.2, 0.25) is 0 Å². The SMILES string of the molecule is COc1ccc(/C=C2\SC(=S)N(c3cccc(C(=O)O)c3)C2=O)cc1C. The number of carboxylic acids is 1. The molecule has 1 fully saturated rings. The van der Waals surface area contributed by atoms with E-state index in [2.05, 4.69) is 0 Å². The maximum Gasteiger partial charge on any atom is 0.335 e. The molecule has 0 atom stereocenters. The number of thioether (sulfide) groups is 1. The number of thiocarbonyl (C=S) groups is 1. The predicted octanol–water partition coefficient (Wildman–Crippen LogP) is 4.11. The van der Waals surface area contributed by atoms with E-state index in [1.807, 2.05) is 25.1 Å². The van der Waals surface area contributed by atoms with Gasteiger partial charge in [-0.05, 0) is 54.5 Å². The second-order valence-corrected chi connectivity index (χ2v) is 7.28. The van der Waals surface area contributed by atoms with E-state index in [0.717, 1.165) is 16.9 Å². The molecular weight excluding hydrogens is 370 g/mol. The first-order valence-corrected chi connectivity index (χ1v) is 8.89. The van der Waals surface area contributed by atoms with E-state index in [1.165, 1.54) is 28.8 Å². The molecule has 0 spiro atoms. The lowest BCUT2D eigenvalue weighted by molar-refractivity contribution is -0.113. The van der Waals surface area contributed by atoms with Gasteiger partial charge in [0, 0.05) is 0 Å². The number of benzene rings is 2. The molecule has 0 unspecified atom stereocenters. The van der Waals surface area contributed by atoms with Crippen LogP contribution in [0.2, 0.25) is 0 Å². The average Bonchev–Trinajstić information content (AvgIpc) is 2.88. The van der Waals surface area contributed by atoms with Crippen molar-refractivity contribution in [1.82, 2.24) is 0 Å². The van der Waals surface area contributed by atoms with Gasteiger partial charge in [-0.2, -0.15) is 0 Å². The van der Waals surface area contributed by atoms with Crippen LogP contribution in [-0.4, -0.2) is 28.4 Å². The van der Waals surface area contributed by atoms with Gasteiger partial charge in [0.05, 0.1) is 23.3 Å². The summed E-state index contributed by atoms with van der Waals surface area (Å²) in [6.07, 6.45) is 1.77. The van der Waals surface area contributed by atoms with Gasteiger partial charge in [0.1, 0.15) is 5.75 Å². The Morgan fingerprint density at radius 1 is 1.27 bits per heavy atom. The first kappa shape index (κ1) is 18.2. The van der Waals surface area contributed by atoms with E-state index in [-0.39, 0.29) is 11.5 Å². The Labute approximate surface area is 160 Å². The fourth-order valence-corrected chi connectivity index (χ4v) is 3.91. The molecule has 1 heterocycles. The molecule has 1 saturated heterocycles. The first-order chi connectivity index (χ1) is 12.4. The minimum Gasteiger partial charge on any atom is -0.496 e. The van der Waals surface area contributed by atoms with Crippen molar-refractivity contribution in [2.24, 2.45) is 0 Å². The summed E-state index contributed by atoms with van der Waals surface area (Å²) in [6, 6.07) is 11.8. The second kappa shape index (κ2) is 7.31. The zero-order valence-electron chi connectivity index (χ0n) is 14.1. The van der Waals surface area contributed by atoms with Gasteiger partial charge in [-0.15, -0.1) is 0 Å². The van der Waals surface area contributed by atoms with Crippen LogP contribution in [-0.2, 0) is 4.79 Å². The molecule has 0 saturated carbocycles. The summed E-state index contributed by atoms with van der Waals surface area (Å²) in [5, 5.41) is 9.14. The highest BCUT2D eigenvalue weighted by Gasteiger charge is 2.33. The number of amides is 1. The molecule has 132 valence electrons. The molecule has 0 aliphatic carbocycles. The number of hydrogen-bond acceptors (Lipinski definition) is 5. The van der Waals surface area contributed by atoms with Gasteiger partial charge < -0.3 is 9.84 Å². The number of hydrogen-bond donors (Lipinski definition) is 1. The van der Waals surface area contributed by atoms with E-state index in [4.69, 9.17) is 22.1 Å². The number of anilines is 1. The molecule has 26 heavy (non-hydrogen) atoms. The summed E-state index contributed by atoms with van der Waals surface area (Å²) in [4.78, 5) is 25.8. The Bertz CT molecular complexity index is 952. The van der Waals surface area contributed by atoms with Crippen LogP contribution < -0.4 is 9.64 Å². The van der Waals surface area contributed by atoms with E-state index < -0.39 is 5.97 Å². The smallest absolute Gasteiger partial charge is 0.335 e. The fourth-order valence-electron chi connectivity index (χ4n) is 2.61. The van der Waals surface area contributed by atoms with Gasteiger partial charge in [0.25, 0.3) is 5.91 Å². The summed E-state index contributed by atoms with van der Waals surface area (Å²) in [7, 11) is 1.61. The Morgan fingerprint density at radius 3 is 2.69 bits per heavy atom. The zero-order chi connectivity index (χ0) is 18.8. The largest absolute Gasteiger partial charge is 0.496 e. The molecule has 1 aliphatic rings. The molecular formula is C19H15NO4S2. The van der Waals surface area contributed by atoms with E-state index in [9.17, 15) is 9.59 Å². The molecule has 1 aliphatic heterocycles. The van der Waals surface area contributed by atoms with Crippen molar-refractivity contribution in [1.29, 1.82) is 0 Å². The van der Waals surface area contributed by atoms with E-state index in [1.54, 1.807) is 25.3 Å². The summed E-state index contributed by atoms with van der Waals surface area (Å²) in [6.45, 7) is 1.93. The van der Waals surface area contributed by atoms with Gasteiger partial charge in [-0.1, -0.05) is 36.1 Å². The molecule has 2 aromatic carbocycles. The number of nitrogens with zero attached hydrogens (tertiary/aromatic N) is 1. The average molecular weight is 385 g/mol. The Kier molecular flexibility index (Phi) is 5.11. The van der Waals surface area contributed by atoms with Crippen molar-refractivity contribution < 1.29 is 19.4 Å². The molecule has 2 aromatic rings. The summed E-state index contributed by atoms with van der Waals surface area (Å²) >= 11 is 6.52. The van der Waals surface area contributed by atoms with Crippen LogP contribution in [0.25, 0.3) is 6.08 Å². The third kappa shape index (κ3) is 3.49. The van der Waals surface area contributed by atoms with Gasteiger partial charge in [-0.25, -0.2) is 4.79 Å². The highest BCUT2D eigenvalue weighted by Crippen LogP contribution is 2.36. The van der Waals surface area contributed by atoms with Crippen LogP contribution in [0.1, 0.15) is 21.5 Å². The maximum absolute atomic E-state index is 12.8. The molecule has 1 N–H and O–H groups in total. The fraction of sp³-hybridized carbons (Fsp3) is 0.105. The number of carboxylic acid groups (broad SMARTS) is 1. The number of rotatable bonds is 4. The van der Waals surface area contributed by atoms with Crippen molar-refractivity contribution in [2.45, 2.75) is 6.92 Å². The number of aromatic carboxylic acids is 1. The topological polar surface area (TPSA) is 66.8 Å². The standard InChI is InChI=1S/C19H15NO4S2/c1-11-8-12(6-7-15(11)24-2)9-16-17(21)20(19(25)26-16)14-5-3-4-13(10-14)18(22)23/h3-10H,1-2H3,(H,22,23)/b16-9-. The quantitative estimate of drug-likeness (QED) is 0.631. The molecule has 3 rings (SSSR count). The molecule has 0 radical (unpaired) electrons. The number of ether oxygens (including phenoxy) is 1. The number of carbonyl (C=O) groups is 2. The van der Waals surface area contributed by atoms with Crippen LogP contribution >= 0.6 is 24.0 Å². The Morgan fingerprint density at radius 2 is 2.04 bits per heavy atom. The summed E-state index contributed by atoms with van der Waals surface area (Å²) in [5.74, 6) is -0.544. The molecule has 0 bridgehead atoms. The lowest BCUT2D eigenvalue weighted by Gasteiger charge is -2.14. The highest BCUT2D eigenvalue weighted by molar-refractivity contribution is 8.27. The van der Waals surface area contributed by atoms with Gasteiger partial charge >= 0.3 is 5.97 Å². The maximum atomic E-state index is 12.8. The second-order valence-electron chi connectivity index (χ2n) is 5.60. The lowest BCUT2D eigenvalue weighted by atomic mass is 10.1. The molecule has 7 heteroatoms. The zero-order valence-corrected chi connectivity index (χ0v) is 15.7. The third-order valence-electron chi connectivity index (χ3n) is 3.86. The van der Waals surface area contributed by atoms with Crippen molar-refractivity contribution in [3.05, 3.63) is 64.1 Å². The summed E-state index contributed by atoms with van der Waals surface area (Å²) < 4.78 is 5.61. The highest BCUT2D eigenvalue weighted by atomic mass is 32.2. The van der Waals surface area contributed by atoms with Crippen LogP contribution in [0, 0.1) is 6.92 Å². The van der Waals surface area contributed by atoms with Crippen molar-refractivity contribution >= 4 is 51.9 Å². The molecule has 5 nitrogen and oxygen atoms in total. The number of aryl methyl sites for hydroxylation is 1. The Hall–Kier alpha value is -2.64. The Balaban J connectivity index is 1.93. The number of methoxy groups -OCH3 is 1. The van der Waals surface area contributed by atoms with Crippen LogP contribution in [0.5, 0.6) is 5.75 Å². The van der Waals surface area contributed by atoms with Crippen molar-refractivity contribution in [3.8, 4) is 5.75 Å². The van der Waals surface area contributed by atoms with Crippen LogP contribution in [0.4, 0.5) is 5.69 Å². The molecule has 0 aromatic heterocycles. The lowest BCUT2D eigenvalue weighted by Crippen LogP contribution is -2.27. The molecule has 1 amide bonds. The van der Waals surface area contributed by atoms with Crippen molar-refractivity contribution in [2.75, 3.05) is 12.0 Å². The summed E-state index contributed by atoms with van der Waals surface area (Å²) in [5.41, 5.74) is 2.38. The predicted molar refractivity (Wildman–Crippen MR) is 107 cm³/mol. The van der Waals surface area contributed by atoms with E-state index >= 15 is 0 Å². The number of carbonyl (C=O) groups excluding carboxylic acids is 1. The van der Waals surface area contributed by atoms with E-state index in [0.29, 0.717) is 14.9 Å². The monoisotopic (exact) mass is 385 g/mol. The van der Waals surface area contributed by atoms with Crippen LogP contribution in [0.3, 0.4) is 0 Å². The first-order valence-electron chi connectivity index (χ1n) is 7.66. The van der Waals surface area contributed by atoms with Crippen LogP contribution in [0.15, 0.2) is 47.4 Å². The minimum absolute atomic E-state index is 0.103. The van der Waals surface area contributed by atoms with Crippen molar-refractivity contribution in [3.63, 3.8) is 0 Å². The minimum atomic E-state index is -1.05. The normalized spacial score (nSPS) is 15.6. The van der Waals surface area contributed by atoms with Gasteiger partial charge in [0.15, 0.2) is 4.32 Å². The van der Waals surface area contributed by atoms with Gasteiger partial charge in [-0.3, -0.25) is 9.69 Å². The third-order valence-corrected chi connectivity index (χ3v) is 5.16.